The molecule has 0 radical (unpaired) electrons. The fraction of sp³-hybridized carbons (Fsp3) is 0.400. The van der Waals surface area contributed by atoms with Crippen molar-refractivity contribution in [1.82, 2.24) is 10.3 Å². The number of pyridine rings is 1. The molecule has 1 aromatic heterocycles. The van der Waals surface area contributed by atoms with Crippen molar-refractivity contribution in [1.29, 1.82) is 5.26 Å². The van der Waals surface area contributed by atoms with Crippen molar-refractivity contribution in [3.63, 3.8) is 0 Å². The van der Waals surface area contributed by atoms with Crippen LogP contribution in [0, 0.1) is 11.3 Å². The third-order valence-corrected chi connectivity index (χ3v) is 5.15. The molecule has 0 amide bonds. The topological polar surface area (TPSA) is 57.9 Å². The van der Waals surface area contributed by atoms with E-state index in [9.17, 15) is 18.4 Å². The Kier molecular flexibility index (Phi) is 4.52. The van der Waals surface area contributed by atoms with E-state index in [0.717, 1.165) is 31.7 Å². The summed E-state index contributed by atoms with van der Waals surface area (Å²) in [7, 11) is 0. The van der Waals surface area contributed by atoms with E-state index in [1.165, 1.54) is 18.3 Å². The molecular weight excluding hydrogens is 355 g/mol. The third-order valence-electron chi connectivity index (χ3n) is 5.15. The lowest BCUT2D eigenvalue weighted by Gasteiger charge is -2.29. The van der Waals surface area contributed by atoms with Gasteiger partial charge in [0.15, 0.2) is 0 Å². The maximum atomic E-state index is 13.3. The Morgan fingerprint density at radius 1 is 1.15 bits per heavy atom. The molecule has 7 heteroatoms. The van der Waals surface area contributed by atoms with Crippen LogP contribution in [-0.4, -0.2) is 23.2 Å². The van der Waals surface area contributed by atoms with E-state index in [1.54, 1.807) is 12.1 Å². The first-order valence-corrected chi connectivity index (χ1v) is 8.93. The first-order chi connectivity index (χ1) is 12.9. The summed E-state index contributed by atoms with van der Waals surface area (Å²) in [4.78, 5) is 3.92. The molecule has 1 unspecified atom stereocenters. The summed E-state index contributed by atoms with van der Waals surface area (Å²) in [6.45, 7) is 0. The summed E-state index contributed by atoms with van der Waals surface area (Å²) >= 11 is 0. The molecule has 1 aromatic carbocycles. The van der Waals surface area contributed by atoms with E-state index in [1.807, 2.05) is 6.07 Å². The summed E-state index contributed by atoms with van der Waals surface area (Å²) in [6, 6.07) is 9.64. The maximum Gasteiger partial charge on any atom is 0.418 e. The molecule has 2 fully saturated rings. The normalized spacial score (nSPS) is 24.4. The molecule has 3 heterocycles. The molecule has 1 N–H and O–H groups in total. The number of rotatable bonds is 3. The number of ether oxygens (including phenoxy) is 1. The number of nitrogens with one attached hydrogen (secondary N) is 1. The lowest BCUT2D eigenvalue weighted by Crippen LogP contribution is -2.42. The van der Waals surface area contributed by atoms with Crippen LogP contribution in [0.5, 0.6) is 5.75 Å². The lowest BCUT2D eigenvalue weighted by molar-refractivity contribution is -0.137. The number of nitrogens with zero attached hydrogens (tertiary/aromatic N) is 2. The summed E-state index contributed by atoms with van der Waals surface area (Å²) in [5.74, 6) is 0.411. The van der Waals surface area contributed by atoms with Crippen molar-refractivity contribution >= 4 is 0 Å². The molecule has 0 saturated carbocycles. The van der Waals surface area contributed by atoms with Crippen LogP contribution in [0.15, 0.2) is 36.5 Å². The maximum absolute atomic E-state index is 13.3. The Balaban J connectivity index is 1.67. The van der Waals surface area contributed by atoms with Gasteiger partial charge in [-0.15, -0.1) is 0 Å². The van der Waals surface area contributed by atoms with Crippen LogP contribution in [0.2, 0.25) is 0 Å². The second kappa shape index (κ2) is 6.86. The summed E-state index contributed by atoms with van der Waals surface area (Å²) in [5.41, 5.74) is -0.546. The van der Waals surface area contributed by atoms with E-state index < -0.39 is 11.7 Å². The van der Waals surface area contributed by atoms with Gasteiger partial charge in [-0.1, -0.05) is 0 Å². The number of alkyl halides is 3. The molecule has 140 valence electrons. The molecule has 2 aliphatic rings. The number of benzene rings is 1. The number of hydrogen-bond donors (Lipinski definition) is 1. The predicted octanol–water partition coefficient (Wildman–Crippen LogP) is 4.30. The number of fused-ring (bicyclic) bond motifs is 2. The van der Waals surface area contributed by atoms with E-state index in [-0.39, 0.29) is 22.9 Å². The van der Waals surface area contributed by atoms with Crippen LogP contribution in [-0.2, 0) is 6.18 Å². The van der Waals surface area contributed by atoms with Crippen LogP contribution in [0.1, 0.15) is 36.8 Å². The number of aromatic nitrogens is 1. The second-order valence-electron chi connectivity index (χ2n) is 7.10. The van der Waals surface area contributed by atoms with Crippen molar-refractivity contribution in [2.24, 2.45) is 0 Å². The van der Waals surface area contributed by atoms with Gasteiger partial charge in [-0.2, -0.15) is 18.4 Å². The highest BCUT2D eigenvalue weighted by molar-refractivity contribution is 5.67. The number of hydrogen-bond acceptors (Lipinski definition) is 4. The molecule has 2 aliphatic heterocycles. The lowest BCUT2D eigenvalue weighted by atomic mass is 10.0. The minimum atomic E-state index is -4.53. The van der Waals surface area contributed by atoms with Gasteiger partial charge < -0.3 is 10.1 Å². The molecule has 4 rings (SSSR count). The van der Waals surface area contributed by atoms with E-state index in [4.69, 9.17) is 4.74 Å². The third kappa shape index (κ3) is 3.76. The standard InChI is InChI=1S/C20H18F3N3O/c21-20(22,23)18-2-1-5-25-19(18)13-6-12(11-24)7-16(8-13)27-17-9-14-3-4-15(10-17)26-14/h1-2,5-8,14-15,17,26H,3-4,9-10H2/t14-,15+,17?. The Hall–Kier alpha value is -2.59. The first-order valence-electron chi connectivity index (χ1n) is 8.93. The van der Waals surface area contributed by atoms with Gasteiger partial charge in [0.1, 0.15) is 11.9 Å². The fourth-order valence-corrected chi connectivity index (χ4v) is 4.03. The minimum Gasteiger partial charge on any atom is -0.490 e. The number of piperidine rings is 1. The van der Waals surface area contributed by atoms with Crippen LogP contribution in [0.4, 0.5) is 13.2 Å². The molecule has 3 atom stereocenters. The predicted molar refractivity (Wildman–Crippen MR) is 93.0 cm³/mol. The van der Waals surface area contributed by atoms with Gasteiger partial charge in [0.25, 0.3) is 0 Å². The zero-order valence-electron chi connectivity index (χ0n) is 14.5. The Labute approximate surface area is 155 Å². The highest BCUT2D eigenvalue weighted by Crippen LogP contribution is 2.37. The Morgan fingerprint density at radius 2 is 1.89 bits per heavy atom. The minimum absolute atomic E-state index is 0.00337. The highest BCUT2D eigenvalue weighted by atomic mass is 19.4. The summed E-state index contributed by atoms with van der Waals surface area (Å²) in [6.07, 6.45) is 0.751. The first kappa shape index (κ1) is 17.8. The summed E-state index contributed by atoms with van der Waals surface area (Å²) < 4.78 is 46.1. The second-order valence-corrected chi connectivity index (χ2v) is 7.10. The Morgan fingerprint density at radius 3 is 2.56 bits per heavy atom. The van der Waals surface area contributed by atoms with Crippen LogP contribution < -0.4 is 10.1 Å². The Bertz CT molecular complexity index is 879. The summed E-state index contributed by atoms with van der Waals surface area (Å²) in [5, 5.41) is 12.8. The molecule has 27 heavy (non-hydrogen) atoms. The van der Waals surface area contributed by atoms with E-state index in [2.05, 4.69) is 10.3 Å². The van der Waals surface area contributed by atoms with Crippen molar-refractivity contribution in [3.8, 4) is 23.1 Å². The smallest absolute Gasteiger partial charge is 0.418 e. The van der Waals surface area contributed by atoms with Gasteiger partial charge in [0, 0.05) is 23.8 Å². The van der Waals surface area contributed by atoms with Crippen molar-refractivity contribution in [2.45, 2.75) is 50.0 Å². The molecule has 2 aromatic rings. The van der Waals surface area contributed by atoms with Gasteiger partial charge in [0.05, 0.1) is 22.9 Å². The zero-order valence-corrected chi connectivity index (χ0v) is 14.5. The molecule has 0 aliphatic carbocycles. The fourth-order valence-electron chi connectivity index (χ4n) is 4.03. The largest absolute Gasteiger partial charge is 0.490 e. The van der Waals surface area contributed by atoms with Gasteiger partial charge in [-0.05, 0) is 56.0 Å². The molecule has 2 bridgehead atoms. The highest BCUT2D eigenvalue weighted by Gasteiger charge is 2.36. The van der Waals surface area contributed by atoms with Crippen LogP contribution in [0.25, 0.3) is 11.3 Å². The van der Waals surface area contributed by atoms with E-state index in [0.29, 0.717) is 17.8 Å². The monoisotopic (exact) mass is 373 g/mol. The van der Waals surface area contributed by atoms with Gasteiger partial charge >= 0.3 is 6.18 Å². The molecule has 2 saturated heterocycles. The van der Waals surface area contributed by atoms with Gasteiger partial charge in [-0.25, -0.2) is 0 Å². The average Bonchev–Trinajstić information content (AvgIpc) is 2.99. The molecule has 4 nitrogen and oxygen atoms in total. The van der Waals surface area contributed by atoms with Crippen molar-refractivity contribution < 1.29 is 17.9 Å². The van der Waals surface area contributed by atoms with Crippen LogP contribution in [0.3, 0.4) is 0 Å². The van der Waals surface area contributed by atoms with Gasteiger partial charge in [0.2, 0.25) is 0 Å². The SMILES string of the molecule is N#Cc1cc(OC2C[C@H]3CC[C@@H](C2)N3)cc(-c2ncccc2C(F)(F)F)c1. The van der Waals surface area contributed by atoms with Crippen molar-refractivity contribution in [3.05, 3.63) is 47.7 Å². The van der Waals surface area contributed by atoms with Crippen LogP contribution >= 0.6 is 0 Å². The average molecular weight is 373 g/mol. The molecule has 0 spiro atoms. The van der Waals surface area contributed by atoms with E-state index >= 15 is 0 Å². The number of halogens is 3. The van der Waals surface area contributed by atoms with Gasteiger partial charge in [-0.3, -0.25) is 4.98 Å². The van der Waals surface area contributed by atoms with Crippen molar-refractivity contribution in [2.75, 3.05) is 0 Å². The number of nitriles is 1. The zero-order chi connectivity index (χ0) is 19.0. The quantitative estimate of drug-likeness (QED) is 0.872. The molecular formula is C20H18F3N3O.